The van der Waals surface area contributed by atoms with Gasteiger partial charge in [-0.25, -0.2) is 9.97 Å². The molecule has 0 atom stereocenters. The van der Waals surface area contributed by atoms with Gasteiger partial charge in [0.1, 0.15) is 5.82 Å². The Bertz CT molecular complexity index is 639. The van der Waals surface area contributed by atoms with Crippen molar-refractivity contribution in [1.29, 1.82) is 0 Å². The largest absolute Gasteiger partial charge is 0.384 e. The SMILES string of the molecule is Nc1cc(C2CCCC2)nc(-c2cc(Br)ccc2Cl)n1. The third kappa shape index (κ3) is 2.81. The molecule has 0 unspecified atom stereocenters. The van der Waals surface area contributed by atoms with Crippen LogP contribution in [0.25, 0.3) is 11.4 Å². The number of aromatic nitrogens is 2. The van der Waals surface area contributed by atoms with Gasteiger partial charge in [-0.15, -0.1) is 0 Å². The molecular formula is C15H15BrClN3. The van der Waals surface area contributed by atoms with Gasteiger partial charge in [-0.05, 0) is 31.0 Å². The summed E-state index contributed by atoms with van der Waals surface area (Å²) < 4.78 is 0.949. The van der Waals surface area contributed by atoms with Crippen molar-refractivity contribution in [2.45, 2.75) is 31.6 Å². The lowest BCUT2D eigenvalue weighted by Gasteiger charge is -2.12. The molecule has 1 aromatic carbocycles. The first kappa shape index (κ1) is 13.8. The summed E-state index contributed by atoms with van der Waals surface area (Å²) in [4.78, 5) is 9.03. The minimum atomic E-state index is 0.505. The van der Waals surface area contributed by atoms with Gasteiger partial charge in [0.2, 0.25) is 0 Å². The number of hydrogen-bond donors (Lipinski definition) is 1. The number of hydrogen-bond acceptors (Lipinski definition) is 3. The quantitative estimate of drug-likeness (QED) is 0.844. The van der Waals surface area contributed by atoms with Crippen molar-refractivity contribution in [3.63, 3.8) is 0 Å². The summed E-state index contributed by atoms with van der Waals surface area (Å²) >= 11 is 9.70. The molecule has 1 aliphatic carbocycles. The number of halogens is 2. The molecule has 3 nitrogen and oxygen atoms in total. The van der Waals surface area contributed by atoms with Gasteiger partial charge in [-0.1, -0.05) is 40.4 Å². The van der Waals surface area contributed by atoms with Crippen LogP contribution in [0.1, 0.15) is 37.3 Å². The van der Waals surface area contributed by atoms with E-state index in [2.05, 4.69) is 20.9 Å². The maximum atomic E-state index is 6.25. The molecule has 104 valence electrons. The van der Waals surface area contributed by atoms with Gasteiger partial charge < -0.3 is 5.73 Å². The molecule has 1 saturated carbocycles. The highest BCUT2D eigenvalue weighted by molar-refractivity contribution is 9.10. The summed E-state index contributed by atoms with van der Waals surface area (Å²) in [7, 11) is 0. The summed E-state index contributed by atoms with van der Waals surface area (Å²) in [6.45, 7) is 0. The van der Waals surface area contributed by atoms with E-state index in [0.29, 0.717) is 22.6 Å². The number of nitrogen functional groups attached to an aromatic ring is 1. The molecule has 0 bridgehead atoms. The van der Waals surface area contributed by atoms with Crippen LogP contribution in [0.4, 0.5) is 5.82 Å². The van der Waals surface area contributed by atoms with Crippen molar-refractivity contribution in [1.82, 2.24) is 9.97 Å². The Labute approximate surface area is 131 Å². The first-order valence-electron chi connectivity index (χ1n) is 6.73. The van der Waals surface area contributed by atoms with Crippen LogP contribution in [0.15, 0.2) is 28.7 Å². The Kier molecular flexibility index (Phi) is 3.94. The van der Waals surface area contributed by atoms with Gasteiger partial charge in [0.25, 0.3) is 0 Å². The molecule has 1 heterocycles. The summed E-state index contributed by atoms with van der Waals surface area (Å²) in [5, 5.41) is 0.635. The van der Waals surface area contributed by atoms with Crippen LogP contribution in [-0.4, -0.2) is 9.97 Å². The molecule has 5 heteroatoms. The minimum absolute atomic E-state index is 0.505. The molecular weight excluding hydrogens is 338 g/mol. The van der Waals surface area contributed by atoms with E-state index in [1.807, 2.05) is 24.3 Å². The van der Waals surface area contributed by atoms with Crippen LogP contribution in [-0.2, 0) is 0 Å². The predicted octanol–water partition coefficient (Wildman–Crippen LogP) is 4.80. The Balaban J connectivity index is 2.06. The Morgan fingerprint density at radius 1 is 1.15 bits per heavy atom. The normalized spacial score (nSPS) is 15.7. The van der Waals surface area contributed by atoms with Crippen LogP contribution >= 0.6 is 27.5 Å². The van der Waals surface area contributed by atoms with E-state index < -0.39 is 0 Å². The molecule has 0 aliphatic heterocycles. The second-order valence-corrected chi connectivity index (χ2v) is 6.47. The molecule has 3 rings (SSSR count). The molecule has 20 heavy (non-hydrogen) atoms. The lowest BCUT2D eigenvalue weighted by Crippen LogP contribution is -2.03. The van der Waals surface area contributed by atoms with Gasteiger partial charge in [-0.3, -0.25) is 0 Å². The fourth-order valence-electron chi connectivity index (χ4n) is 2.71. The average Bonchev–Trinajstić information content (AvgIpc) is 2.95. The van der Waals surface area contributed by atoms with Gasteiger partial charge in [0.15, 0.2) is 5.82 Å². The van der Waals surface area contributed by atoms with Crippen LogP contribution in [0.3, 0.4) is 0 Å². The summed E-state index contributed by atoms with van der Waals surface area (Å²) in [5.41, 5.74) is 7.80. The third-order valence-corrected chi connectivity index (χ3v) is 4.53. The Morgan fingerprint density at radius 2 is 1.90 bits per heavy atom. The Morgan fingerprint density at radius 3 is 2.65 bits per heavy atom. The van der Waals surface area contributed by atoms with Crippen LogP contribution < -0.4 is 5.73 Å². The van der Waals surface area contributed by atoms with E-state index in [4.69, 9.17) is 22.3 Å². The molecule has 0 spiro atoms. The molecule has 1 aliphatic rings. The van der Waals surface area contributed by atoms with Crippen molar-refractivity contribution >= 4 is 33.3 Å². The second kappa shape index (κ2) is 5.70. The molecule has 0 saturated heterocycles. The summed E-state index contributed by atoms with van der Waals surface area (Å²) in [5.74, 6) is 1.62. The summed E-state index contributed by atoms with van der Waals surface area (Å²) in [6.07, 6.45) is 4.90. The predicted molar refractivity (Wildman–Crippen MR) is 85.8 cm³/mol. The minimum Gasteiger partial charge on any atom is -0.384 e. The average molecular weight is 353 g/mol. The summed E-state index contributed by atoms with van der Waals surface area (Å²) in [6, 6.07) is 7.56. The standard InChI is InChI=1S/C15H15BrClN3/c16-10-5-6-12(17)11(7-10)15-19-13(8-14(18)20-15)9-3-1-2-4-9/h5-9H,1-4H2,(H2,18,19,20). The van der Waals surface area contributed by atoms with E-state index in [1.165, 1.54) is 25.7 Å². The number of benzene rings is 1. The van der Waals surface area contributed by atoms with E-state index in [0.717, 1.165) is 15.7 Å². The van der Waals surface area contributed by atoms with Gasteiger partial charge in [-0.2, -0.15) is 0 Å². The molecule has 0 amide bonds. The lowest BCUT2D eigenvalue weighted by molar-refractivity contribution is 0.696. The molecule has 1 aromatic heterocycles. The van der Waals surface area contributed by atoms with Crippen molar-refractivity contribution in [2.24, 2.45) is 0 Å². The van der Waals surface area contributed by atoms with E-state index in [1.54, 1.807) is 0 Å². The zero-order valence-electron chi connectivity index (χ0n) is 10.9. The highest BCUT2D eigenvalue weighted by atomic mass is 79.9. The van der Waals surface area contributed by atoms with Crippen molar-refractivity contribution in [2.75, 3.05) is 5.73 Å². The van der Waals surface area contributed by atoms with Crippen molar-refractivity contribution in [3.8, 4) is 11.4 Å². The fourth-order valence-corrected chi connectivity index (χ4v) is 3.27. The maximum absolute atomic E-state index is 6.25. The zero-order chi connectivity index (χ0) is 14.1. The van der Waals surface area contributed by atoms with E-state index in [9.17, 15) is 0 Å². The third-order valence-electron chi connectivity index (χ3n) is 3.71. The van der Waals surface area contributed by atoms with E-state index >= 15 is 0 Å². The van der Waals surface area contributed by atoms with Gasteiger partial charge >= 0.3 is 0 Å². The highest BCUT2D eigenvalue weighted by Crippen LogP contribution is 2.35. The maximum Gasteiger partial charge on any atom is 0.163 e. The number of anilines is 1. The van der Waals surface area contributed by atoms with Crippen molar-refractivity contribution in [3.05, 3.63) is 39.5 Å². The molecule has 1 fully saturated rings. The topological polar surface area (TPSA) is 51.8 Å². The molecule has 2 aromatic rings. The Hall–Kier alpha value is -1.13. The van der Waals surface area contributed by atoms with Crippen molar-refractivity contribution < 1.29 is 0 Å². The zero-order valence-corrected chi connectivity index (χ0v) is 13.3. The van der Waals surface area contributed by atoms with Crippen LogP contribution in [0.2, 0.25) is 5.02 Å². The smallest absolute Gasteiger partial charge is 0.163 e. The monoisotopic (exact) mass is 351 g/mol. The number of nitrogens with two attached hydrogens (primary N) is 1. The molecule has 2 N–H and O–H groups in total. The number of rotatable bonds is 2. The lowest BCUT2D eigenvalue weighted by atomic mass is 10.0. The van der Waals surface area contributed by atoms with Crippen LogP contribution in [0.5, 0.6) is 0 Å². The fraction of sp³-hybridized carbons (Fsp3) is 0.333. The van der Waals surface area contributed by atoms with Gasteiger partial charge in [0.05, 0.1) is 5.02 Å². The molecule has 0 radical (unpaired) electrons. The second-order valence-electron chi connectivity index (χ2n) is 5.15. The first-order valence-corrected chi connectivity index (χ1v) is 7.90. The highest BCUT2D eigenvalue weighted by Gasteiger charge is 2.20. The van der Waals surface area contributed by atoms with E-state index in [-0.39, 0.29) is 0 Å². The van der Waals surface area contributed by atoms with Crippen LogP contribution in [0, 0.1) is 0 Å². The number of nitrogens with zero attached hydrogens (tertiary/aromatic N) is 2. The van der Waals surface area contributed by atoms with Gasteiger partial charge in [0, 0.05) is 27.7 Å². The first-order chi connectivity index (χ1) is 9.63.